The van der Waals surface area contributed by atoms with Gasteiger partial charge in [-0.3, -0.25) is 9.59 Å². The second kappa shape index (κ2) is 11.3. The summed E-state index contributed by atoms with van der Waals surface area (Å²) >= 11 is 0. The van der Waals surface area contributed by atoms with Crippen LogP contribution in [0.25, 0.3) is 11.1 Å². The maximum atomic E-state index is 12.3. The molecule has 0 unspecified atom stereocenters. The van der Waals surface area contributed by atoms with Gasteiger partial charge in [-0.05, 0) is 34.4 Å². The number of fused-ring (bicyclic) bond motifs is 3. The fourth-order valence-corrected chi connectivity index (χ4v) is 3.99. The highest BCUT2D eigenvalue weighted by Crippen LogP contribution is 2.44. The van der Waals surface area contributed by atoms with Crippen LogP contribution >= 0.6 is 0 Å². The molecule has 2 amide bonds. The number of hydrogen-bond donors (Lipinski definition) is 3. The van der Waals surface area contributed by atoms with Crippen LogP contribution in [0, 0.1) is 0 Å². The summed E-state index contributed by atoms with van der Waals surface area (Å²) in [4.78, 5) is 34.8. The van der Waals surface area contributed by atoms with E-state index >= 15 is 0 Å². The first-order chi connectivity index (χ1) is 17.0. The lowest BCUT2D eigenvalue weighted by atomic mass is 9.98. The molecule has 3 N–H and O–H groups in total. The summed E-state index contributed by atoms with van der Waals surface area (Å²) in [7, 11) is 0. The first-order valence-corrected chi connectivity index (χ1v) is 11.3. The topological polar surface area (TPSA) is 127 Å². The van der Waals surface area contributed by atoms with E-state index in [-0.39, 0.29) is 51.0 Å². The van der Waals surface area contributed by atoms with Crippen molar-refractivity contribution in [3.05, 3.63) is 83.3 Å². The molecule has 1 aliphatic carbocycles. The highest BCUT2D eigenvalue weighted by Gasteiger charge is 2.29. The number of benzene rings is 2. The molecule has 0 atom stereocenters. The minimum absolute atomic E-state index is 0.0276. The lowest BCUT2D eigenvalue weighted by Gasteiger charge is -2.14. The van der Waals surface area contributed by atoms with Gasteiger partial charge in [0.2, 0.25) is 0 Å². The fraction of sp³-hybridized carbons (Fsp3) is 0.269. The van der Waals surface area contributed by atoms with Crippen LogP contribution in [0.5, 0.6) is 0 Å². The van der Waals surface area contributed by atoms with Crippen molar-refractivity contribution in [2.24, 2.45) is 0 Å². The largest absolute Gasteiger partial charge is 0.481 e. The van der Waals surface area contributed by atoms with Gasteiger partial charge >= 0.3 is 12.1 Å². The van der Waals surface area contributed by atoms with Gasteiger partial charge in [0.15, 0.2) is 5.76 Å². The number of carbonyl (C=O) groups is 3. The second-order valence-corrected chi connectivity index (χ2v) is 7.96. The van der Waals surface area contributed by atoms with Crippen molar-refractivity contribution < 1.29 is 33.4 Å². The van der Waals surface area contributed by atoms with Crippen molar-refractivity contribution in [2.45, 2.75) is 18.9 Å². The summed E-state index contributed by atoms with van der Waals surface area (Å²) in [6, 6.07) is 19.3. The van der Waals surface area contributed by atoms with Gasteiger partial charge in [-0.2, -0.15) is 0 Å². The Morgan fingerprint density at radius 2 is 1.57 bits per heavy atom. The number of amides is 2. The number of nitrogens with one attached hydrogen (secondary N) is 2. The first kappa shape index (κ1) is 24.0. The Morgan fingerprint density at radius 3 is 2.26 bits per heavy atom. The minimum Gasteiger partial charge on any atom is -0.481 e. The maximum Gasteiger partial charge on any atom is 0.407 e. The van der Waals surface area contributed by atoms with Crippen LogP contribution in [0.2, 0.25) is 0 Å². The van der Waals surface area contributed by atoms with Crippen LogP contribution in [0.1, 0.15) is 39.8 Å². The molecule has 35 heavy (non-hydrogen) atoms. The molecule has 9 nitrogen and oxygen atoms in total. The van der Waals surface area contributed by atoms with E-state index in [0.29, 0.717) is 5.76 Å². The number of furan rings is 1. The molecule has 0 bridgehead atoms. The van der Waals surface area contributed by atoms with E-state index in [2.05, 4.69) is 34.9 Å². The highest BCUT2D eigenvalue weighted by atomic mass is 16.5. The summed E-state index contributed by atoms with van der Waals surface area (Å²) in [5.74, 6) is -0.899. The number of alkyl carbamates (subject to hydrolysis) is 1. The van der Waals surface area contributed by atoms with Crippen molar-refractivity contribution in [3.8, 4) is 11.1 Å². The third-order valence-corrected chi connectivity index (χ3v) is 5.63. The SMILES string of the molecule is O=C(O)CCOCCNC(=O)c1ccc(CNC(=O)OCC2c3ccccc3-c3ccccc32)o1. The van der Waals surface area contributed by atoms with Gasteiger partial charge in [-0.15, -0.1) is 0 Å². The van der Waals surface area contributed by atoms with E-state index in [0.717, 1.165) is 22.3 Å². The zero-order chi connectivity index (χ0) is 24.6. The molecule has 9 heteroatoms. The summed E-state index contributed by atoms with van der Waals surface area (Å²) < 4.78 is 16.1. The molecule has 4 rings (SSSR count). The number of carboxylic acids is 1. The number of carboxylic acid groups (broad SMARTS) is 1. The highest BCUT2D eigenvalue weighted by molar-refractivity contribution is 5.91. The van der Waals surface area contributed by atoms with E-state index in [1.807, 2.05) is 24.3 Å². The third-order valence-electron chi connectivity index (χ3n) is 5.63. The molecule has 0 aliphatic heterocycles. The van der Waals surface area contributed by atoms with Gasteiger partial charge in [-0.1, -0.05) is 48.5 Å². The quantitative estimate of drug-likeness (QED) is 0.360. The molecular formula is C26H26N2O7. The molecule has 1 aliphatic rings. The van der Waals surface area contributed by atoms with Gasteiger partial charge in [0.25, 0.3) is 5.91 Å². The van der Waals surface area contributed by atoms with Gasteiger partial charge in [0.1, 0.15) is 12.4 Å². The lowest BCUT2D eigenvalue weighted by Crippen LogP contribution is -2.27. The van der Waals surface area contributed by atoms with Crippen molar-refractivity contribution in [3.63, 3.8) is 0 Å². The van der Waals surface area contributed by atoms with Crippen LogP contribution < -0.4 is 10.6 Å². The van der Waals surface area contributed by atoms with Crippen LogP contribution in [-0.4, -0.2) is 49.4 Å². The summed E-state index contributed by atoms with van der Waals surface area (Å²) in [5.41, 5.74) is 4.58. The second-order valence-electron chi connectivity index (χ2n) is 7.96. The van der Waals surface area contributed by atoms with Crippen LogP contribution in [0.3, 0.4) is 0 Å². The van der Waals surface area contributed by atoms with Crippen molar-refractivity contribution in [2.75, 3.05) is 26.4 Å². The normalized spacial score (nSPS) is 12.0. The Hall–Kier alpha value is -4.11. The number of ether oxygens (including phenoxy) is 2. The summed E-state index contributed by atoms with van der Waals surface area (Å²) in [6.07, 6.45) is -0.667. The zero-order valence-corrected chi connectivity index (χ0v) is 19.0. The van der Waals surface area contributed by atoms with E-state index in [9.17, 15) is 14.4 Å². The third kappa shape index (κ3) is 6.07. The van der Waals surface area contributed by atoms with E-state index < -0.39 is 18.0 Å². The Morgan fingerprint density at radius 1 is 0.886 bits per heavy atom. The molecule has 182 valence electrons. The molecule has 0 saturated carbocycles. The number of rotatable bonds is 11. The van der Waals surface area contributed by atoms with E-state index in [1.54, 1.807) is 6.07 Å². The Bertz CT molecular complexity index is 1160. The Kier molecular flexibility index (Phi) is 7.79. The van der Waals surface area contributed by atoms with Crippen molar-refractivity contribution in [1.82, 2.24) is 10.6 Å². The Labute approximate surface area is 202 Å². The van der Waals surface area contributed by atoms with Crippen LogP contribution in [0.15, 0.2) is 65.1 Å². The summed E-state index contributed by atoms with van der Waals surface area (Å²) in [6.45, 7) is 0.766. The molecule has 3 aromatic rings. The smallest absolute Gasteiger partial charge is 0.407 e. The molecule has 1 aromatic heterocycles. The minimum atomic E-state index is -0.941. The monoisotopic (exact) mass is 478 g/mol. The number of hydrogen-bond acceptors (Lipinski definition) is 6. The molecule has 2 aromatic carbocycles. The maximum absolute atomic E-state index is 12.3. The van der Waals surface area contributed by atoms with E-state index in [1.165, 1.54) is 6.07 Å². The molecule has 0 fully saturated rings. The van der Waals surface area contributed by atoms with Crippen LogP contribution in [0.4, 0.5) is 4.79 Å². The standard InChI is InChI=1S/C26H26N2O7/c29-24(30)11-13-33-14-12-27-25(31)23-10-9-17(35-23)15-28-26(32)34-16-22-20-7-3-1-5-18(20)19-6-2-4-8-21(19)22/h1-10,22H,11-16H2,(H,27,31)(H,28,32)(H,29,30). The van der Waals surface area contributed by atoms with Crippen LogP contribution in [-0.2, 0) is 20.8 Å². The zero-order valence-electron chi connectivity index (χ0n) is 19.0. The summed E-state index contributed by atoms with van der Waals surface area (Å²) in [5, 5.41) is 13.8. The van der Waals surface area contributed by atoms with Crippen molar-refractivity contribution in [1.29, 1.82) is 0 Å². The molecule has 1 heterocycles. The molecule has 0 radical (unpaired) electrons. The van der Waals surface area contributed by atoms with Gasteiger partial charge in [0, 0.05) is 12.5 Å². The predicted molar refractivity (Wildman–Crippen MR) is 126 cm³/mol. The van der Waals surface area contributed by atoms with Gasteiger partial charge in [0.05, 0.1) is 26.2 Å². The average Bonchev–Trinajstić information content (AvgIpc) is 3.46. The number of aliphatic carboxylic acids is 1. The lowest BCUT2D eigenvalue weighted by molar-refractivity contribution is -0.138. The van der Waals surface area contributed by atoms with Gasteiger partial charge < -0.3 is 29.6 Å². The predicted octanol–water partition coefficient (Wildman–Crippen LogP) is 3.54. The van der Waals surface area contributed by atoms with E-state index in [4.69, 9.17) is 19.0 Å². The van der Waals surface area contributed by atoms with Crippen molar-refractivity contribution >= 4 is 18.0 Å². The van der Waals surface area contributed by atoms with Gasteiger partial charge in [-0.25, -0.2) is 4.79 Å². The average molecular weight is 479 g/mol. The Balaban J connectivity index is 1.21. The number of carbonyl (C=O) groups excluding carboxylic acids is 2. The molecule has 0 spiro atoms. The molecule has 0 saturated heterocycles. The first-order valence-electron chi connectivity index (χ1n) is 11.3. The molecular weight excluding hydrogens is 452 g/mol. The fourth-order valence-electron chi connectivity index (χ4n) is 3.99.